The van der Waals surface area contributed by atoms with E-state index in [1.807, 2.05) is 18.2 Å². The standard InChI is InChI=1S/C24H28FN3O2/c25-19-9-8-17-6-7-18(22(29)21(17)14-19)15-27-12-10-24(11-13-27)23(30)26-16-28(24)20-4-2-1-3-5-20/h1-5,8-9,14,18,22,29H,6-7,10-13,15-16H2,(H,26,30). The predicted octanol–water partition coefficient (Wildman–Crippen LogP) is 2.85. The number of fused-ring (bicyclic) bond motifs is 1. The van der Waals surface area contributed by atoms with E-state index in [1.165, 1.54) is 12.1 Å². The minimum atomic E-state index is -0.629. The lowest BCUT2D eigenvalue weighted by molar-refractivity contribution is -0.125. The molecule has 0 radical (unpaired) electrons. The van der Waals surface area contributed by atoms with Crippen LogP contribution in [0.15, 0.2) is 48.5 Å². The topological polar surface area (TPSA) is 55.8 Å². The SMILES string of the molecule is O=C1NCN(c2ccccc2)C12CCN(CC1CCc3ccc(F)cc3C1O)CC2. The van der Waals surface area contributed by atoms with Gasteiger partial charge in [0.2, 0.25) is 5.91 Å². The Morgan fingerprint density at radius 1 is 1.13 bits per heavy atom. The van der Waals surface area contributed by atoms with E-state index in [-0.39, 0.29) is 17.6 Å². The zero-order chi connectivity index (χ0) is 20.7. The number of aliphatic hydroxyl groups is 1. The van der Waals surface area contributed by atoms with E-state index in [2.05, 4.69) is 27.2 Å². The van der Waals surface area contributed by atoms with Crippen LogP contribution in [0.2, 0.25) is 0 Å². The number of hydrogen-bond donors (Lipinski definition) is 2. The smallest absolute Gasteiger partial charge is 0.247 e. The van der Waals surface area contributed by atoms with E-state index in [0.29, 0.717) is 6.67 Å². The van der Waals surface area contributed by atoms with Gasteiger partial charge in [0.25, 0.3) is 0 Å². The summed E-state index contributed by atoms with van der Waals surface area (Å²) < 4.78 is 13.7. The number of hydrogen-bond acceptors (Lipinski definition) is 4. The van der Waals surface area contributed by atoms with Crippen LogP contribution in [0.3, 0.4) is 0 Å². The number of rotatable bonds is 3. The fraction of sp³-hybridized carbons (Fsp3) is 0.458. The highest BCUT2D eigenvalue weighted by Crippen LogP contribution is 2.39. The van der Waals surface area contributed by atoms with Crippen LogP contribution in [-0.2, 0) is 11.2 Å². The van der Waals surface area contributed by atoms with Crippen LogP contribution >= 0.6 is 0 Å². The molecule has 2 heterocycles. The second-order valence-electron chi connectivity index (χ2n) is 8.85. The molecule has 2 atom stereocenters. The highest BCUT2D eigenvalue weighted by molar-refractivity contribution is 5.93. The van der Waals surface area contributed by atoms with Crippen molar-refractivity contribution >= 4 is 11.6 Å². The molecule has 2 aromatic carbocycles. The number of para-hydroxylation sites is 1. The average Bonchev–Trinajstić information content (AvgIpc) is 3.08. The number of nitrogens with zero attached hydrogens (tertiary/aromatic N) is 2. The first-order valence-corrected chi connectivity index (χ1v) is 10.9. The van der Waals surface area contributed by atoms with E-state index in [1.54, 1.807) is 6.07 Å². The van der Waals surface area contributed by atoms with Gasteiger partial charge in [-0.1, -0.05) is 24.3 Å². The molecule has 30 heavy (non-hydrogen) atoms. The Morgan fingerprint density at radius 3 is 2.67 bits per heavy atom. The van der Waals surface area contributed by atoms with Gasteiger partial charge in [-0.05, 0) is 61.1 Å². The second-order valence-corrected chi connectivity index (χ2v) is 8.85. The molecule has 3 aliphatic rings. The first kappa shape index (κ1) is 19.5. The summed E-state index contributed by atoms with van der Waals surface area (Å²) in [7, 11) is 0. The van der Waals surface area contributed by atoms with Crippen molar-refractivity contribution in [2.45, 2.75) is 37.3 Å². The number of likely N-dealkylation sites (tertiary alicyclic amines) is 1. The van der Waals surface area contributed by atoms with Crippen LogP contribution in [0.1, 0.15) is 36.5 Å². The summed E-state index contributed by atoms with van der Waals surface area (Å²) in [6.07, 6.45) is 2.68. The summed E-state index contributed by atoms with van der Waals surface area (Å²) in [5.74, 6) is -0.0781. The zero-order valence-corrected chi connectivity index (χ0v) is 17.1. The molecular weight excluding hydrogens is 381 g/mol. The summed E-state index contributed by atoms with van der Waals surface area (Å²) in [6, 6.07) is 14.9. The Labute approximate surface area is 176 Å². The molecule has 1 amide bonds. The average molecular weight is 410 g/mol. The number of piperidine rings is 1. The summed E-state index contributed by atoms with van der Waals surface area (Å²) in [5, 5.41) is 13.9. The quantitative estimate of drug-likeness (QED) is 0.819. The van der Waals surface area contributed by atoms with Gasteiger partial charge in [-0.2, -0.15) is 0 Å². The van der Waals surface area contributed by atoms with Crippen molar-refractivity contribution in [2.24, 2.45) is 5.92 Å². The zero-order valence-electron chi connectivity index (χ0n) is 17.1. The van der Waals surface area contributed by atoms with Crippen LogP contribution in [0.4, 0.5) is 10.1 Å². The third-order valence-electron chi connectivity index (χ3n) is 7.24. The molecule has 0 bridgehead atoms. The number of halogens is 1. The van der Waals surface area contributed by atoms with E-state index < -0.39 is 11.6 Å². The second kappa shape index (κ2) is 7.67. The van der Waals surface area contributed by atoms with Gasteiger partial charge in [-0.3, -0.25) is 4.79 Å². The molecule has 1 aliphatic carbocycles. The molecule has 0 aromatic heterocycles. The number of anilines is 1. The third-order valence-corrected chi connectivity index (χ3v) is 7.24. The van der Waals surface area contributed by atoms with Gasteiger partial charge in [0, 0.05) is 31.2 Å². The minimum absolute atomic E-state index is 0.0935. The van der Waals surface area contributed by atoms with Crippen LogP contribution in [0.5, 0.6) is 0 Å². The summed E-state index contributed by atoms with van der Waals surface area (Å²) in [6.45, 7) is 2.96. The van der Waals surface area contributed by atoms with Crippen molar-refractivity contribution in [1.82, 2.24) is 10.2 Å². The van der Waals surface area contributed by atoms with Gasteiger partial charge in [0.1, 0.15) is 11.4 Å². The van der Waals surface area contributed by atoms with Crippen LogP contribution in [-0.4, -0.2) is 47.8 Å². The molecule has 158 valence electrons. The third kappa shape index (κ3) is 3.28. The number of nitrogens with one attached hydrogen (secondary N) is 1. The number of amides is 1. The number of carbonyl (C=O) groups is 1. The fourth-order valence-corrected chi connectivity index (χ4v) is 5.48. The maximum Gasteiger partial charge on any atom is 0.247 e. The number of benzene rings is 2. The van der Waals surface area contributed by atoms with Gasteiger partial charge in [-0.25, -0.2) is 4.39 Å². The maximum atomic E-state index is 13.7. The predicted molar refractivity (Wildman–Crippen MR) is 114 cm³/mol. The van der Waals surface area contributed by atoms with Gasteiger partial charge in [0.05, 0.1) is 12.8 Å². The summed E-state index contributed by atoms with van der Waals surface area (Å²) >= 11 is 0. The number of aryl methyl sites for hydroxylation is 1. The molecule has 2 aromatic rings. The lowest BCUT2D eigenvalue weighted by Gasteiger charge is -2.44. The van der Waals surface area contributed by atoms with Gasteiger partial charge < -0.3 is 20.2 Å². The lowest BCUT2D eigenvalue weighted by Crippen LogP contribution is -2.57. The van der Waals surface area contributed by atoms with Gasteiger partial charge in [0.15, 0.2) is 0 Å². The number of carbonyl (C=O) groups excluding carboxylic acids is 1. The van der Waals surface area contributed by atoms with E-state index in [9.17, 15) is 14.3 Å². The van der Waals surface area contributed by atoms with Crippen molar-refractivity contribution in [3.63, 3.8) is 0 Å². The molecule has 6 heteroatoms. The van der Waals surface area contributed by atoms with Crippen molar-refractivity contribution in [2.75, 3.05) is 31.2 Å². The Bertz CT molecular complexity index is 927. The fourth-order valence-electron chi connectivity index (χ4n) is 5.48. The molecule has 2 fully saturated rings. The van der Waals surface area contributed by atoms with E-state index in [4.69, 9.17) is 0 Å². The van der Waals surface area contributed by atoms with E-state index in [0.717, 1.165) is 62.1 Å². The first-order valence-electron chi connectivity index (χ1n) is 10.9. The molecule has 2 saturated heterocycles. The van der Waals surface area contributed by atoms with Crippen LogP contribution in [0, 0.1) is 11.7 Å². The van der Waals surface area contributed by atoms with Crippen molar-refractivity contribution in [3.05, 3.63) is 65.5 Å². The minimum Gasteiger partial charge on any atom is -0.388 e. The lowest BCUT2D eigenvalue weighted by atomic mass is 9.80. The molecule has 0 saturated carbocycles. The highest BCUT2D eigenvalue weighted by atomic mass is 19.1. The summed E-state index contributed by atoms with van der Waals surface area (Å²) in [4.78, 5) is 17.4. The molecule has 1 spiro atoms. The molecule has 5 rings (SSSR count). The van der Waals surface area contributed by atoms with Crippen molar-refractivity contribution < 1.29 is 14.3 Å². The molecular formula is C24H28FN3O2. The Balaban J connectivity index is 1.27. The van der Waals surface area contributed by atoms with Crippen molar-refractivity contribution in [1.29, 1.82) is 0 Å². The highest BCUT2D eigenvalue weighted by Gasteiger charge is 2.50. The molecule has 2 aliphatic heterocycles. The summed E-state index contributed by atoms with van der Waals surface area (Å²) in [5.41, 5.74) is 2.38. The van der Waals surface area contributed by atoms with Crippen LogP contribution < -0.4 is 10.2 Å². The largest absolute Gasteiger partial charge is 0.388 e. The Morgan fingerprint density at radius 2 is 1.90 bits per heavy atom. The normalized spacial score (nSPS) is 25.9. The molecule has 2 unspecified atom stereocenters. The van der Waals surface area contributed by atoms with Gasteiger partial charge >= 0.3 is 0 Å². The monoisotopic (exact) mass is 409 g/mol. The number of aliphatic hydroxyl groups excluding tert-OH is 1. The molecule has 5 nitrogen and oxygen atoms in total. The van der Waals surface area contributed by atoms with E-state index >= 15 is 0 Å². The van der Waals surface area contributed by atoms with Crippen molar-refractivity contribution in [3.8, 4) is 0 Å². The Hall–Kier alpha value is -2.44. The van der Waals surface area contributed by atoms with Gasteiger partial charge in [-0.15, -0.1) is 0 Å². The Kier molecular flexibility index (Phi) is 4.99. The first-order chi connectivity index (χ1) is 14.6. The van der Waals surface area contributed by atoms with Crippen LogP contribution in [0.25, 0.3) is 0 Å². The maximum absolute atomic E-state index is 13.7. The molecule has 2 N–H and O–H groups in total.